The molecule has 0 aromatic heterocycles. The summed E-state index contributed by atoms with van der Waals surface area (Å²) in [5.41, 5.74) is 0.430. The second-order valence-corrected chi connectivity index (χ2v) is 5.86. The summed E-state index contributed by atoms with van der Waals surface area (Å²) in [4.78, 5) is 2.75. The molecule has 1 aliphatic heterocycles. The first-order valence-electron chi connectivity index (χ1n) is 6.58. The molecule has 0 spiro atoms. The summed E-state index contributed by atoms with van der Waals surface area (Å²) < 4.78 is 0. The highest BCUT2D eigenvalue weighted by Crippen LogP contribution is 2.44. The molecule has 0 amide bonds. The predicted octanol–water partition coefficient (Wildman–Crippen LogP) is 2.25. The van der Waals surface area contributed by atoms with Crippen molar-refractivity contribution in [2.45, 2.75) is 64.6 Å². The van der Waals surface area contributed by atoms with Crippen molar-refractivity contribution in [3.8, 4) is 0 Å². The Morgan fingerprint density at radius 3 is 2.53 bits per heavy atom. The van der Waals surface area contributed by atoms with E-state index in [2.05, 4.69) is 37.9 Å². The maximum Gasteiger partial charge on any atom is 0.0337 e. The van der Waals surface area contributed by atoms with Gasteiger partial charge in [-0.05, 0) is 46.0 Å². The van der Waals surface area contributed by atoms with Crippen LogP contribution in [0.4, 0.5) is 0 Å². The minimum absolute atomic E-state index is 0.430. The van der Waals surface area contributed by atoms with E-state index < -0.39 is 0 Å². The Balaban J connectivity index is 2.09. The van der Waals surface area contributed by atoms with E-state index in [-0.39, 0.29) is 0 Å². The third-order valence-electron chi connectivity index (χ3n) is 4.39. The highest BCUT2D eigenvalue weighted by atomic mass is 15.3. The summed E-state index contributed by atoms with van der Waals surface area (Å²) >= 11 is 0. The van der Waals surface area contributed by atoms with Crippen molar-refractivity contribution >= 4 is 0 Å². The smallest absolute Gasteiger partial charge is 0.0337 e. The van der Waals surface area contributed by atoms with E-state index in [0.29, 0.717) is 17.6 Å². The maximum absolute atomic E-state index is 3.72. The normalized spacial score (nSPS) is 38.6. The van der Waals surface area contributed by atoms with Gasteiger partial charge in [-0.15, -0.1) is 0 Å². The molecule has 2 unspecified atom stereocenters. The van der Waals surface area contributed by atoms with E-state index in [1.807, 2.05) is 0 Å². The van der Waals surface area contributed by atoms with Crippen molar-refractivity contribution in [3.63, 3.8) is 0 Å². The summed E-state index contributed by atoms with van der Waals surface area (Å²) in [5.74, 6) is 0.949. The topological polar surface area (TPSA) is 15.3 Å². The molecule has 1 saturated heterocycles. The van der Waals surface area contributed by atoms with Crippen LogP contribution in [0.3, 0.4) is 0 Å². The molecule has 0 aromatic rings. The van der Waals surface area contributed by atoms with Crippen molar-refractivity contribution < 1.29 is 0 Å². The molecular formula is C13H26N2. The van der Waals surface area contributed by atoms with Crippen LogP contribution in [0.5, 0.6) is 0 Å². The number of nitrogens with zero attached hydrogens (tertiary/aromatic N) is 1. The van der Waals surface area contributed by atoms with Gasteiger partial charge < -0.3 is 5.32 Å². The zero-order valence-corrected chi connectivity index (χ0v) is 10.7. The first kappa shape index (κ1) is 11.4. The minimum Gasteiger partial charge on any atom is -0.311 e. The Labute approximate surface area is 94.4 Å². The molecule has 0 radical (unpaired) electrons. The minimum atomic E-state index is 0.430. The van der Waals surface area contributed by atoms with Crippen molar-refractivity contribution in [2.24, 2.45) is 5.92 Å². The van der Waals surface area contributed by atoms with Gasteiger partial charge >= 0.3 is 0 Å². The summed E-state index contributed by atoms with van der Waals surface area (Å²) in [6, 6.07) is 1.39. The van der Waals surface area contributed by atoms with Gasteiger partial charge in [0.2, 0.25) is 0 Å². The average Bonchev–Trinajstić information content (AvgIpc) is 3.01. The number of hydrogen-bond donors (Lipinski definition) is 1. The average molecular weight is 210 g/mol. The van der Waals surface area contributed by atoms with Crippen LogP contribution in [-0.4, -0.2) is 35.6 Å². The molecule has 2 heteroatoms. The molecule has 2 nitrogen and oxygen atoms in total. The molecule has 1 heterocycles. The highest BCUT2D eigenvalue weighted by molar-refractivity contribution is 5.05. The molecule has 1 saturated carbocycles. The fourth-order valence-corrected chi connectivity index (χ4v) is 3.12. The Hall–Kier alpha value is -0.0800. The molecule has 2 rings (SSSR count). The Kier molecular flexibility index (Phi) is 3.09. The number of hydrogen-bond acceptors (Lipinski definition) is 2. The van der Waals surface area contributed by atoms with Crippen LogP contribution >= 0.6 is 0 Å². The van der Waals surface area contributed by atoms with Crippen LogP contribution in [0.25, 0.3) is 0 Å². The summed E-state index contributed by atoms with van der Waals surface area (Å²) in [7, 11) is 0. The zero-order valence-electron chi connectivity index (χ0n) is 10.7. The zero-order chi connectivity index (χ0) is 11.1. The lowest BCUT2D eigenvalue weighted by Crippen LogP contribution is -2.66. The van der Waals surface area contributed by atoms with Crippen LogP contribution in [0.2, 0.25) is 0 Å². The van der Waals surface area contributed by atoms with Gasteiger partial charge in [0, 0.05) is 30.7 Å². The predicted molar refractivity (Wildman–Crippen MR) is 65.1 cm³/mol. The standard InChI is InChI=1S/C13H26N2/c1-5-12-8-15(10(2)3)13(4,9-14-12)11-6-7-11/h10-12,14H,5-9H2,1-4H3. The molecule has 2 atom stereocenters. The second kappa shape index (κ2) is 4.06. The number of piperazine rings is 1. The van der Waals surface area contributed by atoms with E-state index in [9.17, 15) is 0 Å². The van der Waals surface area contributed by atoms with Gasteiger partial charge in [-0.1, -0.05) is 6.92 Å². The second-order valence-electron chi connectivity index (χ2n) is 5.86. The molecular weight excluding hydrogens is 184 g/mol. The first-order valence-corrected chi connectivity index (χ1v) is 6.58. The number of rotatable bonds is 3. The Bertz CT molecular complexity index is 223. The SMILES string of the molecule is CCC1CN(C(C)C)C(C)(C2CC2)CN1. The third kappa shape index (κ3) is 2.07. The molecule has 0 bridgehead atoms. The fourth-order valence-electron chi connectivity index (χ4n) is 3.12. The van der Waals surface area contributed by atoms with Gasteiger partial charge in [0.15, 0.2) is 0 Å². The molecule has 0 aromatic carbocycles. The summed E-state index contributed by atoms with van der Waals surface area (Å²) in [5, 5.41) is 3.72. The maximum atomic E-state index is 3.72. The van der Waals surface area contributed by atoms with Crippen molar-refractivity contribution in [3.05, 3.63) is 0 Å². The lowest BCUT2D eigenvalue weighted by atomic mass is 9.88. The largest absolute Gasteiger partial charge is 0.311 e. The van der Waals surface area contributed by atoms with Crippen molar-refractivity contribution in [2.75, 3.05) is 13.1 Å². The quantitative estimate of drug-likeness (QED) is 0.768. The van der Waals surface area contributed by atoms with Gasteiger partial charge in [0.05, 0.1) is 0 Å². The first-order chi connectivity index (χ1) is 7.08. The van der Waals surface area contributed by atoms with Crippen LogP contribution in [0.15, 0.2) is 0 Å². The molecule has 1 N–H and O–H groups in total. The van der Waals surface area contributed by atoms with E-state index >= 15 is 0 Å². The van der Waals surface area contributed by atoms with Crippen molar-refractivity contribution in [1.29, 1.82) is 0 Å². The monoisotopic (exact) mass is 210 g/mol. The molecule has 1 aliphatic carbocycles. The van der Waals surface area contributed by atoms with Gasteiger partial charge in [-0.3, -0.25) is 4.90 Å². The van der Waals surface area contributed by atoms with Crippen molar-refractivity contribution in [1.82, 2.24) is 10.2 Å². The van der Waals surface area contributed by atoms with Gasteiger partial charge in [-0.25, -0.2) is 0 Å². The summed E-state index contributed by atoms with van der Waals surface area (Å²) in [6.45, 7) is 11.9. The van der Waals surface area contributed by atoms with Gasteiger partial charge in [0.1, 0.15) is 0 Å². The molecule has 2 fully saturated rings. The highest BCUT2D eigenvalue weighted by Gasteiger charge is 2.48. The number of nitrogens with one attached hydrogen (secondary N) is 1. The van der Waals surface area contributed by atoms with Gasteiger partial charge in [0.25, 0.3) is 0 Å². The third-order valence-corrected chi connectivity index (χ3v) is 4.39. The van der Waals surface area contributed by atoms with E-state index in [1.54, 1.807) is 0 Å². The summed E-state index contributed by atoms with van der Waals surface area (Å²) in [6.07, 6.45) is 4.14. The van der Waals surface area contributed by atoms with Crippen LogP contribution in [0, 0.1) is 5.92 Å². The Morgan fingerprint density at radius 2 is 2.07 bits per heavy atom. The van der Waals surface area contributed by atoms with Crippen LogP contribution in [0.1, 0.15) is 47.0 Å². The lowest BCUT2D eigenvalue weighted by Gasteiger charge is -2.50. The van der Waals surface area contributed by atoms with E-state index in [0.717, 1.165) is 5.92 Å². The van der Waals surface area contributed by atoms with E-state index in [1.165, 1.54) is 32.4 Å². The molecule has 88 valence electrons. The molecule has 2 aliphatic rings. The fraction of sp³-hybridized carbons (Fsp3) is 1.00. The van der Waals surface area contributed by atoms with Crippen LogP contribution in [-0.2, 0) is 0 Å². The van der Waals surface area contributed by atoms with Crippen LogP contribution < -0.4 is 5.32 Å². The Morgan fingerprint density at radius 1 is 1.40 bits per heavy atom. The van der Waals surface area contributed by atoms with Gasteiger partial charge in [-0.2, -0.15) is 0 Å². The van der Waals surface area contributed by atoms with E-state index in [4.69, 9.17) is 0 Å². The molecule has 15 heavy (non-hydrogen) atoms. The lowest BCUT2D eigenvalue weighted by molar-refractivity contribution is 0.00876.